The van der Waals surface area contributed by atoms with E-state index in [1.807, 2.05) is 30.3 Å². The fourth-order valence-electron chi connectivity index (χ4n) is 4.59. The van der Waals surface area contributed by atoms with E-state index in [1.165, 1.54) is 25.7 Å². The molecule has 0 bridgehead atoms. The van der Waals surface area contributed by atoms with Crippen LogP contribution in [-0.4, -0.2) is 52.7 Å². The number of nitrogens with one attached hydrogen (secondary N) is 2. The van der Waals surface area contributed by atoms with Crippen LogP contribution in [0.15, 0.2) is 53.4 Å². The molecule has 1 amide bonds. The maximum absolute atomic E-state index is 12.6. The average molecular weight is 511 g/mol. The Balaban J connectivity index is 1.10. The molecule has 8 nitrogen and oxygen atoms in total. The molecule has 36 heavy (non-hydrogen) atoms. The Morgan fingerprint density at radius 2 is 2.19 bits per heavy atom. The first kappa shape index (κ1) is 24.6. The minimum Gasteiger partial charge on any atom is -0.484 e. The highest BCUT2D eigenvalue weighted by atomic mass is 35.5. The normalized spacial score (nSPS) is 16.6. The maximum atomic E-state index is 12.6. The van der Waals surface area contributed by atoms with Gasteiger partial charge in [0.05, 0.1) is 17.3 Å². The molecule has 190 valence electrons. The number of nitrogens with zero attached hydrogens (tertiary/aromatic N) is 2. The van der Waals surface area contributed by atoms with Gasteiger partial charge in [-0.05, 0) is 61.1 Å². The lowest BCUT2D eigenvalue weighted by Crippen LogP contribution is -2.42. The molecule has 9 heteroatoms. The van der Waals surface area contributed by atoms with Crippen LogP contribution < -0.4 is 15.4 Å². The van der Waals surface area contributed by atoms with Crippen molar-refractivity contribution in [3.63, 3.8) is 0 Å². The molecule has 2 aromatic carbocycles. The third-order valence-corrected chi connectivity index (χ3v) is 7.21. The predicted octanol–water partition coefficient (Wildman–Crippen LogP) is 4.02. The number of aliphatic hydroxyl groups is 1. The summed E-state index contributed by atoms with van der Waals surface area (Å²) in [5, 5.41) is 17.5. The number of ether oxygens (including phenoxy) is 1. The summed E-state index contributed by atoms with van der Waals surface area (Å²) in [6.07, 6.45) is 6.67. The summed E-state index contributed by atoms with van der Waals surface area (Å²) >= 11 is 6.62. The third-order valence-electron chi connectivity index (χ3n) is 6.80. The third kappa shape index (κ3) is 6.00. The molecule has 1 fully saturated rings. The minimum absolute atomic E-state index is 0.181. The Hall–Kier alpha value is -3.07. The van der Waals surface area contributed by atoms with Gasteiger partial charge in [0.1, 0.15) is 12.4 Å². The number of aromatic nitrogens is 1. The maximum Gasteiger partial charge on any atom is 0.251 e. The molecule has 0 spiro atoms. The van der Waals surface area contributed by atoms with Crippen molar-refractivity contribution in [2.45, 2.75) is 51.0 Å². The van der Waals surface area contributed by atoms with E-state index in [2.05, 4.69) is 20.5 Å². The molecule has 1 aliphatic heterocycles. The number of β-amino-alcohol motifs (C(OH)–C–C–N with tert-alkyl or cyclic N) is 1. The number of halogens is 1. The molecule has 2 heterocycles. The monoisotopic (exact) mass is 510 g/mol. The second-order valence-corrected chi connectivity index (χ2v) is 9.85. The van der Waals surface area contributed by atoms with Gasteiger partial charge in [0.25, 0.3) is 5.91 Å². The first-order valence-electron chi connectivity index (χ1n) is 12.4. The Labute approximate surface area is 215 Å². The van der Waals surface area contributed by atoms with Crippen LogP contribution >= 0.6 is 11.6 Å². The highest BCUT2D eigenvalue weighted by molar-refractivity contribution is 6.33. The minimum atomic E-state index is -0.674. The summed E-state index contributed by atoms with van der Waals surface area (Å²) in [5.41, 5.74) is 3.74. The largest absolute Gasteiger partial charge is 0.484 e. The Morgan fingerprint density at radius 3 is 2.97 bits per heavy atom. The average Bonchev–Trinajstić information content (AvgIpc) is 3.38. The van der Waals surface area contributed by atoms with Crippen LogP contribution in [0.4, 0.5) is 5.69 Å². The van der Waals surface area contributed by atoms with E-state index in [0.717, 1.165) is 29.8 Å². The van der Waals surface area contributed by atoms with E-state index < -0.39 is 6.10 Å². The number of hydrogen-bond acceptors (Lipinski definition) is 7. The van der Waals surface area contributed by atoms with Crippen molar-refractivity contribution in [1.29, 1.82) is 0 Å². The molecule has 0 saturated heterocycles. The van der Waals surface area contributed by atoms with Crippen LogP contribution in [0.5, 0.6) is 5.75 Å². The van der Waals surface area contributed by atoms with E-state index in [0.29, 0.717) is 41.2 Å². The number of hydrogen-bond donors (Lipinski definition) is 3. The Bertz CT molecular complexity index is 1180. The molecule has 1 saturated carbocycles. The summed E-state index contributed by atoms with van der Waals surface area (Å²) < 4.78 is 11.0. The van der Waals surface area contributed by atoms with Gasteiger partial charge in [0.15, 0.2) is 12.2 Å². The van der Waals surface area contributed by atoms with Gasteiger partial charge in [-0.1, -0.05) is 23.7 Å². The summed E-state index contributed by atoms with van der Waals surface area (Å²) in [5.74, 6) is 1.07. The number of benzene rings is 2. The summed E-state index contributed by atoms with van der Waals surface area (Å²) in [6, 6.07) is 11.9. The molecule has 3 aromatic rings. The Kier molecular flexibility index (Phi) is 7.75. The van der Waals surface area contributed by atoms with Crippen LogP contribution in [0, 0.1) is 0 Å². The van der Waals surface area contributed by atoms with E-state index in [1.54, 1.807) is 12.3 Å². The van der Waals surface area contributed by atoms with Gasteiger partial charge in [0, 0.05) is 43.5 Å². The number of carbonyl (C=O) groups excluding carboxylic acids is 1. The lowest BCUT2D eigenvalue weighted by molar-refractivity contribution is 0.0841. The van der Waals surface area contributed by atoms with Gasteiger partial charge in [-0.2, -0.15) is 0 Å². The van der Waals surface area contributed by atoms with Crippen molar-refractivity contribution in [3.05, 3.63) is 76.5 Å². The van der Waals surface area contributed by atoms with E-state index in [9.17, 15) is 9.90 Å². The predicted molar refractivity (Wildman–Crippen MR) is 137 cm³/mol. The smallest absolute Gasteiger partial charge is 0.251 e. The second kappa shape index (κ2) is 11.3. The highest BCUT2D eigenvalue weighted by Crippen LogP contribution is 2.34. The molecule has 3 N–H and O–H groups in total. The van der Waals surface area contributed by atoms with Crippen molar-refractivity contribution < 1.29 is 19.1 Å². The van der Waals surface area contributed by atoms with Crippen LogP contribution in [0.1, 0.15) is 46.5 Å². The zero-order valence-electron chi connectivity index (χ0n) is 20.1. The van der Waals surface area contributed by atoms with E-state index >= 15 is 0 Å². The topological polar surface area (TPSA) is 99.9 Å². The quantitative estimate of drug-likeness (QED) is 0.379. The van der Waals surface area contributed by atoms with Crippen LogP contribution in [-0.2, 0) is 19.6 Å². The zero-order valence-corrected chi connectivity index (χ0v) is 20.8. The van der Waals surface area contributed by atoms with Crippen LogP contribution in [0.3, 0.4) is 0 Å². The Morgan fingerprint density at radius 1 is 1.31 bits per heavy atom. The number of carbonyl (C=O) groups is 1. The van der Waals surface area contributed by atoms with Crippen molar-refractivity contribution in [2.24, 2.45) is 0 Å². The van der Waals surface area contributed by atoms with Crippen molar-refractivity contribution in [2.75, 3.05) is 25.0 Å². The van der Waals surface area contributed by atoms with Crippen molar-refractivity contribution in [3.8, 4) is 5.75 Å². The number of amides is 1. The molecule has 1 aliphatic carbocycles. The highest BCUT2D eigenvalue weighted by Gasteiger charge is 2.23. The number of anilines is 1. The number of rotatable bonds is 10. The van der Waals surface area contributed by atoms with Crippen LogP contribution in [0.25, 0.3) is 0 Å². The number of aliphatic hydroxyl groups excluding tert-OH is 1. The standard InChI is InChI=1S/C27H31ClN4O4/c28-26-24-9-10-32(14-19(24)7-8-25(26)35-16-23-13-29-17-36-23)15-22(33)12-30-27(34)18-3-1-6-21(11-18)31-20-4-2-5-20/h1,3,6-8,11,13,17,20,22,31,33H,2,4-5,9-10,12,14-16H2,(H,30,34). The van der Waals surface area contributed by atoms with Gasteiger partial charge in [-0.3, -0.25) is 9.69 Å². The van der Waals surface area contributed by atoms with Gasteiger partial charge in [-0.25, -0.2) is 4.98 Å². The lowest BCUT2D eigenvalue weighted by atomic mass is 9.93. The molecular weight excluding hydrogens is 480 g/mol. The second-order valence-electron chi connectivity index (χ2n) is 9.47. The lowest BCUT2D eigenvalue weighted by Gasteiger charge is -2.31. The van der Waals surface area contributed by atoms with Crippen molar-refractivity contribution >= 4 is 23.2 Å². The van der Waals surface area contributed by atoms with E-state index in [4.69, 9.17) is 20.8 Å². The molecule has 1 unspecified atom stereocenters. The van der Waals surface area contributed by atoms with E-state index in [-0.39, 0.29) is 19.1 Å². The van der Waals surface area contributed by atoms with Gasteiger partial charge in [0.2, 0.25) is 0 Å². The molecule has 0 radical (unpaired) electrons. The van der Waals surface area contributed by atoms with Gasteiger partial charge >= 0.3 is 0 Å². The summed E-state index contributed by atoms with van der Waals surface area (Å²) in [7, 11) is 0. The first-order chi connectivity index (χ1) is 17.5. The molecule has 1 aromatic heterocycles. The van der Waals surface area contributed by atoms with Crippen LogP contribution in [0.2, 0.25) is 5.02 Å². The van der Waals surface area contributed by atoms with Crippen molar-refractivity contribution in [1.82, 2.24) is 15.2 Å². The SMILES string of the molecule is O=C(NCC(O)CN1CCc2c(ccc(OCc3cnco3)c2Cl)C1)c1cccc(NC2CCC2)c1. The molecular formula is C27H31ClN4O4. The molecule has 5 rings (SSSR count). The fourth-order valence-corrected chi connectivity index (χ4v) is 4.92. The molecule has 1 atom stereocenters. The number of oxazole rings is 1. The fraction of sp³-hybridized carbons (Fsp3) is 0.407. The number of fused-ring (bicyclic) bond motifs is 1. The molecule has 2 aliphatic rings. The summed E-state index contributed by atoms with van der Waals surface area (Å²) in [4.78, 5) is 18.7. The first-order valence-corrected chi connectivity index (χ1v) is 12.8. The summed E-state index contributed by atoms with van der Waals surface area (Å²) in [6.45, 7) is 2.36. The van der Waals surface area contributed by atoms with Gasteiger partial charge in [-0.15, -0.1) is 0 Å². The zero-order chi connectivity index (χ0) is 24.9. The van der Waals surface area contributed by atoms with Gasteiger partial charge < -0.3 is 24.9 Å².